The molecule has 0 aliphatic carbocycles. The maximum atomic E-state index is 14.3. The highest BCUT2D eigenvalue weighted by atomic mass is 16.5. The molecule has 0 bridgehead atoms. The highest BCUT2D eigenvalue weighted by molar-refractivity contribution is 6.00. The molecular weight excluding hydrogens is 1090 g/mol. The van der Waals surface area contributed by atoms with E-state index in [-0.39, 0.29) is 67.8 Å². The predicted octanol–water partition coefficient (Wildman–Crippen LogP) is 3.41. The molecule has 23 nitrogen and oxygen atoms in total. The van der Waals surface area contributed by atoms with Gasteiger partial charge in [0.25, 0.3) is 0 Å². The van der Waals surface area contributed by atoms with Crippen LogP contribution in [0, 0.1) is 23.7 Å². The smallest absolute Gasteiger partial charge is 0.246 e. The van der Waals surface area contributed by atoms with Crippen molar-refractivity contribution in [2.24, 2.45) is 23.7 Å². The first-order valence-electron chi connectivity index (χ1n) is 31.4. The number of amides is 10. The van der Waals surface area contributed by atoms with Crippen LogP contribution in [0.25, 0.3) is 0 Å². The molecule has 2 aliphatic heterocycles. The Balaban J connectivity index is 2.23. The van der Waals surface area contributed by atoms with E-state index < -0.39 is 106 Å². The van der Waals surface area contributed by atoms with Crippen molar-refractivity contribution in [1.29, 1.82) is 0 Å². The standard InChI is InChI=1S/C62H111N11O12/c1-17-19-20-21-22-23-25-44(65-55(80)47-26-24-31-73(47)49(75)28-27-42(9)18-2)52(77)68-50(51(76)41(7)8)56(81)70-61(13,14)58(83)67-45(36-39(3)4)53(78)66-46(37-40(5)6)54(79)69-62(15,16)59(84)71-60(11,12)57(82)63-30-29-48(74)64-43(10)38-72-32-34-85-35-33-72/h27-28,39-47,50-51,76H,17-26,29-38H2,1-16H3,(H,63,82)(H,64,74)(H,65,80)(H,66,78)(H,67,83)(H,68,77)(H,69,79)(H,70,81)(H,71,84)/b28-27+/t42-,43-,44-,45-,46-,47-,50-,51+/m0/s1. The van der Waals surface area contributed by atoms with Crippen LogP contribution >= 0.6 is 0 Å². The van der Waals surface area contributed by atoms with E-state index in [1.165, 1.54) is 52.5 Å². The molecule has 10 amide bonds. The lowest BCUT2D eigenvalue weighted by Crippen LogP contribution is -2.66. The first-order chi connectivity index (χ1) is 39.6. The first kappa shape index (κ1) is 75.4. The van der Waals surface area contributed by atoms with Crippen molar-refractivity contribution in [2.75, 3.05) is 45.9 Å². The van der Waals surface area contributed by atoms with Crippen molar-refractivity contribution in [2.45, 2.75) is 253 Å². The average Bonchev–Trinajstić information content (AvgIpc) is 3.46. The molecule has 0 aromatic heterocycles. The van der Waals surface area contributed by atoms with Gasteiger partial charge in [0.1, 0.15) is 46.8 Å². The molecule has 10 N–H and O–H groups in total. The lowest BCUT2D eigenvalue weighted by Gasteiger charge is -2.34. The molecule has 486 valence electrons. The molecule has 0 aromatic rings. The van der Waals surface area contributed by atoms with Gasteiger partial charge in [0.15, 0.2) is 0 Å². The molecule has 0 spiro atoms. The fourth-order valence-electron chi connectivity index (χ4n) is 9.87. The number of aliphatic hydroxyl groups is 1. The number of carbonyl (C=O) groups excluding carboxylic acids is 10. The Morgan fingerprint density at radius 1 is 0.612 bits per heavy atom. The molecule has 2 aliphatic rings. The number of nitrogens with zero attached hydrogens (tertiary/aromatic N) is 2. The normalized spacial score (nSPS) is 17.7. The Kier molecular flexibility index (Phi) is 32.4. The number of carbonyl (C=O) groups is 10. The number of unbranched alkanes of at least 4 members (excludes halogenated alkanes) is 5. The summed E-state index contributed by atoms with van der Waals surface area (Å²) in [6, 6.07) is -6.05. The number of morpholine rings is 1. The minimum atomic E-state index is -1.76. The second-order valence-electron chi connectivity index (χ2n) is 26.3. The topological polar surface area (TPSA) is 315 Å². The van der Waals surface area contributed by atoms with Crippen molar-refractivity contribution < 1.29 is 57.8 Å². The predicted molar refractivity (Wildman–Crippen MR) is 328 cm³/mol. The molecule has 85 heavy (non-hydrogen) atoms. The van der Waals surface area contributed by atoms with Crippen LogP contribution in [0.1, 0.15) is 194 Å². The van der Waals surface area contributed by atoms with Crippen LogP contribution in [0.2, 0.25) is 0 Å². The van der Waals surface area contributed by atoms with E-state index in [2.05, 4.69) is 59.7 Å². The summed E-state index contributed by atoms with van der Waals surface area (Å²) in [5.74, 6) is -6.79. The fourth-order valence-corrected chi connectivity index (χ4v) is 9.87. The third kappa shape index (κ3) is 26.9. The van der Waals surface area contributed by atoms with Crippen LogP contribution in [0.3, 0.4) is 0 Å². The average molecular weight is 1200 g/mol. The minimum absolute atomic E-state index is 0.0168. The van der Waals surface area contributed by atoms with Crippen molar-refractivity contribution in [3.63, 3.8) is 0 Å². The Bertz CT molecular complexity index is 2230. The number of hydrogen-bond donors (Lipinski definition) is 10. The van der Waals surface area contributed by atoms with Gasteiger partial charge in [0, 0.05) is 45.2 Å². The van der Waals surface area contributed by atoms with Crippen molar-refractivity contribution in [3.8, 4) is 0 Å². The Morgan fingerprint density at radius 3 is 1.75 bits per heavy atom. The zero-order valence-corrected chi connectivity index (χ0v) is 54.5. The summed E-state index contributed by atoms with van der Waals surface area (Å²) >= 11 is 0. The molecule has 0 radical (unpaired) electrons. The lowest BCUT2D eigenvalue weighted by atomic mass is 9.95. The van der Waals surface area contributed by atoms with Crippen LogP contribution in [0.4, 0.5) is 0 Å². The SMILES string of the molecule is CCCCCCCC[C@H](NC(=O)[C@@H]1CCCN1C(=O)/C=C/[C@@H](C)CC)C(=O)N[C@H](C(=O)NC(C)(C)C(=O)N[C@@H](CC(C)C)C(=O)N[C@@H](CC(C)C)C(=O)NC(C)(C)C(=O)NC(C)(C)C(=O)NCCC(=O)N[C@@H](C)CN1CCOCC1)[C@H](O)C(C)C. The summed E-state index contributed by atoms with van der Waals surface area (Å²) in [6.07, 6.45) is 9.63. The number of nitrogens with one attached hydrogen (secondary N) is 9. The highest BCUT2D eigenvalue weighted by Gasteiger charge is 2.42. The molecule has 2 saturated heterocycles. The van der Waals surface area contributed by atoms with Gasteiger partial charge >= 0.3 is 0 Å². The first-order valence-corrected chi connectivity index (χ1v) is 31.4. The largest absolute Gasteiger partial charge is 0.390 e. The number of aliphatic hydroxyl groups excluding tert-OH is 1. The summed E-state index contributed by atoms with van der Waals surface area (Å²) in [5.41, 5.74) is -4.83. The van der Waals surface area contributed by atoms with E-state index in [0.29, 0.717) is 45.6 Å². The van der Waals surface area contributed by atoms with E-state index in [0.717, 1.165) is 51.6 Å². The Hall–Kier alpha value is -5.68. The van der Waals surface area contributed by atoms with Crippen molar-refractivity contribution >= 4 is 59.1 Å². The summed E-state index contributed by atoms with van der Waals surface area (Å²) in [4.78, 5) is 142. The maximum absolute atomic E-state index is 14.3. The molecule has 0 aromatic carbocycles. The Morgan fingerprint density at radius 2 is 1.16 bits per heavy atom. The summed E-state index contributed by atoms with van der Waals surface area (Å²) in [7, 11) is 0. The van der Waals surface area contributed by atoms with Crippen molar-refractivity contribution in [3.05, 3.63) is 12.2 Å². The zero-order chi connectivity index (χ0) is 64.4. The van der Waals surface area contributed by atoms with E-state index in [9.17, 15) is 53.1 Å². The number of allylic oxidation sites excluding steroid dienone is 1. The zero-order valence-electron chi connectivity index (χ0n) is 54.5. The molecule has 0 unspecified atom stereocenters. The van der Waals surface area contributed by atoms with Crippen molar-refractivity contribution in [1.82, 2.24) is 57.7 Å². The van der Waals surface area contributed by atoms with E-state index in [1.54, 1.807) is 13.8 Å². The number of hydrogen-bond acceptors (Lipinski definition) is 13. The molecule has 23 heteroatoms. The third-order valence-corrected chi connectivity index (χ3v) is 15.5. The summed E-state index contributed by atoms with van der Waals surface area (Å²) in [5, 5.41) is 36.3. The summed E-state index contributed by atoms with van der Waals surface area (Å²) < 4.78 is 5.39. The Labute approximate surface area is 507 Å². The molecule has 2 heterocycles. The van der Waals surface area contributed by atoms with Crippen LogP contribution in [0.15, 0.2) is 12.2 Å². The van der Waals surface area contributed by atoms with Crippen LogP contribution < -0.4 is 47.9 Å². The van der Waals surface area contributed by atoms with Gasteiger partial charge in [-0.3, -0.25) is 52.8 Å². The third-order valence-electron chi connectivity index (χ3n) is 15.5. The van der Waals surface area contributed by atoms with Crippen LogP contribution in [-0.2, 0) is 52.7 Å². The highest BCUT2D eigenvalue weighted by Crippen LogP contribution is 2.21. The molecular formula is C62H111N11O12. The second-order valence-corrected chi connectivity index (χ2v) is 26.3. The maximum Gasteiger partial charge on any atom is 0.246 e. The lowest BCUT2D eigenvalue weighted by molar-refractivity contribution is -0.140. The summed E-state index contributed by atoms with van der Waals surface area (Å²) in [6.45, 7) is 31.4. The molecule has 8 atom stereocenters. The number of ether oxygens (including phenoxy) is 1. The molecule has 2 fully saturated rings. The quantitative estimate of drug-likeness (QED) is 0.0316. The van der Waals surface area contributed by atoms with Gasteiger partial charge in [0.05, 0.1) is 19.3 Å². The minimum Gasteiger partial charge on any atom is -0.390 e. The molecule has 2 rings (SSSR count). The number of likely N-dealkylation sites (tertiary alicyclic amines) is 1. The van der Waals surface area contributed by atoms with Gasteiger partial charge in [-0.05, 0) is 110 Å². The van der Waals surface area contributed by atoms with Gasteiger partial charge in [-0.25, -0.2) is 0 Å². The van der Waals surface area contributed by atoms with Gasteiger partial charge in [-0.2, -0.15) is 0 Å². The van der Waals surface area contributed by atoms with Gasteiger partial charge < -0.3 is 62.6 Å². The second kappa shape index (κ2) is 36.5. The van der Waals surface area contributed by atoms with Crippen LogP contribution in [-0.4, -0.2) is 179 Å². The fraction of sp³-hybridized carbons (Fsp3) is 0.806. The monoisotopic (exact) mass is 1200 g/mol. The van der Waals surface area contributed by atoms with Gasteiger partial charge in [-0.1, -0.05) is 113 Å². The van der Waals surface area contributed by atoms with E-state index in [1.807, 2.05) is 54.5 Å². The number of rotatable bonds is 37. The van der Waals surface area contributed by atoms with E-state index in [4.69, 9.17) is 4.74 Å². The molecule has 0 saturated carbocycles. The van der Waals surface area contributed by atoms with Gasteiger partial charge in [-0.15, -0.1) is 0 Å². The van der Waals surface area contributed by atoms with Crippen LogP contribution in [0.5, 0.6) is 0 Å². The van der Waals surface area contributed by atoms with Gasteiger partial charge in [0.2, 0.25) is 59.1 Å². The van der Waals surface area contributed by atoms with E-state index >= 15 is 0 Å².